The van der Waals surface area contributed by atoms with Crippen molar-refractivity contribution in [1.29, 1.82) is 0 Å². The van der Waals surface area contributed by atoms with E-state index >= 15 is 0 Å². The summed E-state index contributed by atoms with van der Waals surface area (Å²) in [7, 11) is 1.54. The molecule has 3 heterocycles. The fraction of sp³-hybridized carbons (Fsp3) is 0.609. The molecule has 0 aromatic heterocycles. The number of nitrogens with one attached hydrogen (secondary N) is 3. The van der Waals surface area contributed by atoms with Crippen LogP contribution in [-0.4, -0.2) is 81.6 Å². The molecule has 3 fully saturated rings. The number of imide groups is 1. The molecule has 0 aliphatic carbocycles. The first-order valence-electron chi connectivity index (χ1n) is 11.5. The van der Waals surface area contributed by atoms with Crippen molar-refractivity contribution < 1.29 is 19.1 Å². The van der Waals surface area contributed by atoms with Gasteiger partial charge in [0.2, 0.25) is 11.8 Å². The predicted molar refractivity (Wildman–Crippen MR) is 121 cm³/mol. The second-order valence-electron chi connectivity index (χ2n) is 8.84. The maximum atomic E-state index is 12.8. The lowest BCUT2D eigenvalue weighted by molar-refractivity contribution is -0.134. The smallest absolute Gasteiger partial charge is 0.255 e. The summed E-state index contributed by atoms with van der Waals surface area (Å²) in [6.07, 6.45) is 3.05. The van der Waals surface area contributed by atoms with Crippen molar-refractivity contribution in [3.8, 4) is 5.75 Å². The quantitative estimate of drug-likeness (QED) is 0.545. The van der Waals surface area contributed by atoms with E-state index in [0.29, 0.717) is 17.7 Å². The van der Waals surface area contributed by atoms with Crippen molar-refractivity contribution >= 4 is 23.4 Å². The van der Waals surface area contributed by atoms with Crippen molar-refractivity contribution in [3.63, 3.8) is 0 Å². The monoisotopic (exact) mass is 443 g/mol. The highest BCUT2D eigenvalue weighted by molar-refractivity contribution is 6.04. The highest BCUT2D eigenvalue weighted by Gasteiger charge is 2.29. The zero-order chi connectivity index (χ0) is 22.5. The molecular formula is C23H33N5O4. The first-order chi connectivity index (χ1) is 15.5. The van der Waals surface area contributed by atoms with Gasteiger partial charge in [-0.2, -0.15) is 0 Å². The number of ether oxygens (including phenoxy) is 1. The van der Waals surface area contributed by atoms with Crippen LogP contribution in [0.1, 0.15) is 36.0 Å². The Bertz CT molecular complexity index is 847. The third kappa shape index (κ3) is 5.39. The molecule has 3 aliphatic heterocycles. The van der Waals surface area contributed by atoms with E-state index in [2.05, 4.69) is 25.8 Å². The molecule has 0 radical (unpaired) electrons. The molecule has 3 saturated heterocycles. The maximum absolute atomic E-state index is 12.8. The first-order valence-corrected chi connectivity index (χ1v) is 11.5. The minimum Gasteiger partial charge on any atom is -0.496 e. The Balaban J connectivity index is 1.34. The number of piperidine rings is 2. The number of piperazine rings is 1. The van der Waals surface area contributed by atoms with Gasteiger partial charge in [0.05, 0.1) is 12.7 Å². The average Bonchev–Trinajstić information content (AvgIpc) is 2.81. The number of benzene rings is 1. The van der Waals surface area contributed by atoms with E-state index in [1.807, 2.05) is 12.1 Å². The normalized spacial score (nSPS) is 23.0. The zero-order valence-electron chi connectivity index (χ0n) is 18.7. The highest BCUT2D eigenvalue weighted by atomic mass is 16.5. The Kier molecular flexibility index (Phi) is 7.26. The van der Waals surface area contributed by atoms with Crippen LogP contribution in [0.15, 0.2) is 18.2 Å². The molecule has 0 spiro atoms. The molecule has 9 heteroatoms. The number of rotatable bonds is 6. The Morgan fingerprint density at radius 3 is 2.56 bits per heavy atom. The number of carbonyl (C=O) groups is 3. The minimum absolute atomic E-state index is 0.219. The van der Waals surface area contributed by atoms with Gasteiger partial charge in [-0.15, -0.1) is 0 Å². The van der Waals surface area contributed by atoms with Crippen LogP contribution in [0.2, 0.25) is 0 Å². The van der Waals surface area contributed by atoms with E-state index in [4.69, 9.17) is 4.74 Å². The van der Waals surface area contributed by atoms with Crippen LogP contribution in [0, 0.1) is 5.92 Å². The number of methoxy groups -OCH3 is 1. The molecule has 174 valence electrons. The van der Waals surface area contributed by atoms with Crippen LogP contribution < -0.4 is 25.6 Å². The Hall–Kier alpha value is -2.65. The lowest BCUT2D eigenvalue weighted by Crippen LogP contribution is -2.52. The SMILES string of the molecule is COc1cc(N2CCN(CC3CCNCC3)CC2)ccc1C(=O)NC1CCC(=O)NC1=O. The summed E-state index contributed by atoms with van der Waals surface area (Å²) in [6, 6.07) is 4.86. The van der Waals surface area contributed by atoms with Crippen molar-refractivity contribution in [3.05, 3.63) is 23.8 Å². The summed E-state index contributed by atoms with van der Waals surface area (Å²) < 4.78 is 5.49. The van der Waals surface area contributed by atoms with Gasteiger partial charge in [-0.05, 0) is 50.4 Å². The van der Waals surface area contributed by atoms with E-state index in [0.717, 1.165) is 50.9 Å². The lowest BCUT2D eigenvalue weighted by atomic mass is 9.97. The van der Waals surface area contributed by atoms with E-state index in [1.165, 1.54) is 19.4 Å². The summed E-state index contributed by atoms with van der Waals surface area (Å²) in [4.78, 5) is 40.9. The Morgan fingerprint density at radius 2 is 1.88 bits per heavy atom. The second-order valence-corrected chi connectivity index (χ2v) is 8.84. The molecule has 32 heavy (non-hydrogen) atoms. The van der Waals surface area contributed by atoms with Gasteiger partial charge in [0.15, 0.2) is 0 Å². The van der Waals surface area contributed by atoms with E-state index in [1.54, 1.807) is 13.2 Å². The van der Waals surface area contributed by atoms with Crippen LogP contribution in [0.5, 0.6) is 5.75 Å². The number of amides is 3. The van der Waals surface area contributed by atoms with E-state index < -0.39 is 11.9 Å². The maximum Gasteiger partial charge on any atom is 0.255 e. The molecule has 1 unspecified atom stereocenters. The Labute approximate surface area is 188 Å². The van der Waals surface area contributed by atoms with Gasteiger partial charge in [0.25, 0.3) is 5.91 Å². The van der Waals surface area contributed by atoms with Gasteiger partial charge in [0, 0.05) is 50.9 Å². The minimum atomic E-state index is -0.711. The van der Waals surface area contributed by atoms with Crippen LogP contribution in [0.25, 0.3) is 0 Å². The number of nitrogens with zero attached hydrogens (tertiary/aromatic N) is 2. The number of anilines is 1. The molecule has 3 aliphatic rings. The molecule has 4 rings (SSSR count). The third-order valence-electron chi connectivity index (χ3n) is 6.69. The van der Waals surface area contributed by atoms with Gasteiger partial charge < -0.3 is 20.3 Å². The summed E-state index contributed by atoms with van der Waals surface area (Å²) in [5.74, 6) is 0.120. The molecule has 9 nitrogen and oxygen atoms in total. The third-order valence-corrected chi connectivity index (χ3v) is 6.69. The highest BCUT2D eigenvalue weighted by Crippen LogP contribution is 2.27. The zero-order valence-corrected chi connectivity index (χ0v) is 18.7. The molecule has 3 amide bonds. The molecule has 1 aromatic carbocycles. The largest absolute Gasteiger partial charge is 0.496 e. The van der Waals surface area contributed by atoms with Gasteiger partial charge in [-0.1, -0.05) is 0 Å². The van der Waals surface area contributed by atoms with Gasteiger partial charge in [-0.3, -0.25) is 24.6 Å². The van der Waals surface area contributed by atoms with Crippen LogP contribution >= 0.6 is 0 Å². The topological polar surface area (TPSA) is 103 Å². The first kappa shape index (κ1) is 22.5. The van der Waals surface area contributed by atoms with Gasteiger partial charge in [0.1, 0.15) is 11.8 Å². The van der Waals surface area contributed by atoms with E-state index in [9.17, 15) is 14.4 Å². The van der Waals surface area contributed by atoms with Crippen LogP contribution in [-0.2, 0) is 9.59 Å². The molecule has 1 atom stereocenters. The predicted octanol–water partition coefficient (Wildman–Crippen LogP) is 0.352. The molecule has 3 N–H and O–H groups in total. The standard InChI is InChI=1S/C23H33N5O4/c1-32-20-14-17(28-12-10-27(11-13-28)15-16-6-8-24-9-7-16)2-3-18(20)22(30)25-19-4-5-21(29)26-23(19)31/h2-3,14,16,19,24H,4-13,15H2,1H3,(H,25,30)(H,26,29,31). The van der Waals surface area contributed by atoms with Crippen LogP contribution in [0.3, 0.4) is 0 Å². The molecule has 0 saturated carbocycles. The Morgan fingerprint density at radius 1 is 1.12 bits per heavy atom. The van der Waals surface area contributed by atoms with E-state index in [-0.39, 0.29) is 18.2 Å². The summed E-state index contributed by atoms with van der Waals surface area (Å²) in [5, 5.41) is 8.40. The number of hydrogen-bond acceptors (Lipinski definition) is 7. The summed E-state index contributed by atoms with van der Waals surface area (Å²) >= 11 is 0. The van der Waals surface area contributed by atoms with Gasteiger partial charge in [-0.25, -0.2) is 0 Å². The van der Waals surface area contributed by atoms with Crippen molar-refractivity contribution in [1.82, 2.24) is 20.9 Å². The van der Waals surface area contributed by atoms with Crippen LogP contribution in [0.4, 0.5) is 5.69 Å². The van der Waals surface area contributed by atoms with Crippen molar-refractivity contribution in [2.24, 2.45) is 5.92 Å². The van der Waals surface area contributed by atoms with Gasteiger partial charge >= 0.3 is 0 Å². The van der Waals surface area contributed by atoms with Crippen molar-refractivity contribution in [2.45, 2.75) is 31.7 Å². The molecular weight excluding hydrogens is 410 g/mol. The molecule has 1 aromatic rings. The van der Waals surface area contributed by atoms with Crippen molar-refractivity contribution in [2.75, 3.05) is 57.8 Å². The number of carbonyl (C=O) groups excluding carboxylic acids is 3. The lowest BCUT2D eigenvalue weighted by Gasteiger charge is -2.38. The average molecular weight is 444 g/mol. The number of hydrogen-bond donors (Lipinski definition) is 3. The fourth-order valence-corrected chi connectivity index (χ4v) is 4.75. The summed E-state index contributed by atoms with van der Waals surface area (Å²) in [6.45, 7) is 7.39. The second kappa shape index (κ2) is 10.3. The summed E-state index contributed by atoms with van der Waals surface area (Å²) in [5.41, 5.74) is 1.41. The fourth-order valence-electron chi connectivity index (χ4n) is 4.75. The molecule has 0 bridgehead atoms.